The summed E-state index contributed by atoms with van der Waals surface area (Å²) in [7, 11) is -3.90. The van der Waals surface area contributed by atoms with Gasteiger partial charge in [0.1, 0.15) is 18.4 Å². The highest BCUT2D eigenvalue weighted by Crippen LogP contribution is 2.25. The molecule has 2 amide bonds. The SMILES string of the molecule is C[C@H](C(=O)NC1CCCC1)N(CCc1ccccc1)C(=O)CN(c1ccc(F)c(Cl)c1)S(C)(=O)=O. The van der Waals surface area contributed by atoms with E-state index in [9.17, 15) is 22.4 Å². The minimum Gasteiger partial charge on any atom is -0.352 e. The molecule has 0 radical (unpaired) electrons. The lowest BCUT2D eigenvalue weighted by atomic mass is 10.1. The van der Waals surface area contributed by atoms with Crippen molar-refractivity contribution in [3.8, 4) is 0 Å². The van der Waals surface area contributed by atoms with Crippen molar-refractivity contribution in [1.29, 1.82) is 0 Å². The number of nitrogens with one attached hydrogen (secondary N) is 1. The van der Waals surface area contributed by atoms with E-state index >= 15 is 0 Å². The molecule has 190 valence electrons. The normalized spacial score (nSPS) is 15.0. The third kappa shape index (κ3) is 7.41. The van der Waals surface area contributed by atoms with Gasteiger partial charge in [-0.15, -0.1) is 0 Å². The van der Waals surface area contributed by atoms with Gasteiger partial charge in [0.25, 0.3) is 0 Å². The fraction of sp³-hybridized carbons (Fsp3) is 0.440. The van der Waals surface area contributed by atoms with Gasteiger partial charge >= 0.3 is 0 Å². The first-order valence-electron chi connectivity index (χ1n) is 11.6. The topological polar surface area (TPSA) is 86.8 Å². The van der Waals surface area contributed by atoms with Gasteiger partial charge in [-0.25, -0.2) is 12.8 Å². The third-order valence-electron chi connectivity index (χ3n) is 6.22. The molecule has 0 saturated heterocycles. The molecule has 0 aliphatic heterocycles. The summed E-state index contributed by atoms with van der Waals surface area (Å²) in [5.74, 6) is -1.51. The number of hydrogen-bond acceptors (Lipinski definition) is 4. The minimum atomic E-state index is -3.90. The van der Waals surface area contributed by atoms with Gasteiger partial charge in [0.2, 0.25) is 21.8 Å². The number of halogens is 2. The molecule has 10 heteroatoms. The molecular weight excluding hydrogens is 493 g/mol. The number of carbonyl (C=O) groups excluding carboxylic acids is 2. The number of hydrogen-bond donors (Lipinski definition) is 1. The summed E-state index contributed by atoms with van der Waals surface area (Å²) < 4.78 is 39.6. The molecule has 3 rings (SSSR count). The van der Waals surface area contributed by atoms with E-state index in [1.807, 2.05) is 30.3 Å². The molecule has 0 spiro atoms. The summed E-state index contributed by atoms with van der Waals surface area (Å²) >= 11 is 5.85. The highest BCUT2D eigenvalue weighted by molar-refractivity contribution is 7.92. The fourth-order valence-corrected chi connectivity index (χ4v) is 5.23. The zero-order valence-corrected chi connectivity index (χ0v) is 21.5. The van der Waals surface area contributed by atoms with E-state index in [2.05, 4.69) is 5.32 Å². The van der Waals surface area contributed by atoms with Crippen LogP contribution in [-0.2, 0) is 26.0 Å². The maximum atomic E-state index is 13.7. The smallest absolute Gasteiger partial charge is 0.244 e. The quantitative estimate of drug-likeness (QED) is 0.513. The van der Waals surface area contributed by atoms with Crippen molar-refractivity contribution in [2.24, 2.45) is 0 Å². The van der Waals surface area contributed by atoms with Crippen LogP contribution >= 0.6 is 11.6 Å². The molecule has 1 atom stereocenters. The van der Waals surface area contributed by atoms with Gasteiger partial charge in [-0.2, -0.15) is 0 Å². The van der Waals surface area contributed by atoms with Crippen molar-refractivity contribution in [3.05, 3.63) is 64.9 Å². The van der Waals surface area contributed by atoms with Crippen molar-refractivity contribution in [2.45, 2.75) is 51.1 Å². The number of anilines is 1. The molecule has 35 heavy (non-hydrogen) atoms. The summed E-state index contributed by atoms with van der Waals surface area (Å²) in [6.07, 6.45) is 5.38. The van der Waals surface area contributed by atoms with Crippen LogP contribution in [0, 0.1) is 5.82 Å². The number of amides is 2. The summed E-state index contributed by atoms with van der Waals surface area (Å²) in [6, 6.07) is 12.3. The molecule has 1 N–H and O–H groups in total. The van der Waals surface area contributed by atoms with Crippen LogP contribution in [0.15, 0.2) is 48.5 Å². The van der Waals surface area contributed by atoms with Gasteiger partial charge in [-0.3, -0.25) is 13.9 Å². The predicted molar refractivity (Wildman–Crippen MR) is 135 cm³/mol. The number of carbonyl (C=O) groups is 2. The van der Waals surface area contributed by atoms with E-state index in [0.29, 0.717) is 6.42 Å². The fourth-order valence-electron chi connectivity index (χ4n) is 4.22. The Bertz CT molecular complexity index is 1140. The predicted octanol–water partition coefficient (Wildman–Crippen LogP) is 3.76. The van der Waals surface area contributed by atoms with Crippen LogP contribution in [0.3, 0.4) is 0 Å². The van der Waals surface area contributed by atoms with Crippen LogP contribution in [0.25, 0.3) is 0 Å². The number of benzene rings is 2. The second-order valence-electron chi connectivity index (χ2n) is 8.86. The van der Waals surface area contributed by atoms with Crippen LogP contribution in [0.5, 0.6) is 0 Å². The maximum Gasteiger partial charge on any atom is 0.244 e. The zero-order valence-electron chi connectivity index (χ0n) is 19.9. The van der Waals surface area contributed by atoms with Gasteiger partial charge in [0.05, 0.1) is 17.0 Å². The molecule has 7 nitrogen and oxygen atoms in total. The van der Waals surface area contributed by atoms with E-state index in [1.54, 1.807) is 6.92 Å². The molecule has 1 aliphatic carbocycles. The molecule has 0 heterocycles. The maximum absolute atomic E-state index is 13.7. The van der Waals surface area contributed by atoms with Crippen molar-refractivity contribution < 1.29 is 22.4 Å². The van der Waals surface area contributed by atoms with Crippen molar-refractivity contribution in [3.63, 3.8) is 0 Å². The molecule has 1 aliphatic rings. The van der Waals surface area contributed by atoms with E-state index in [0.717, 1.165) is 53.9 Å². The lowest BCUT2D eigenvalue weighted by Crippen LogP contribution is -2.53. The van der Waals surface area contributed by atoms with Crippen LogP contribution in [0.4, 0.5) is 10.1 Å². The van der Waals surface area contributed by atoms with Gasteiger partial charge in [0.15, 0.2) is 0 Å². The van der Waals surface area contributed by atoms with Gasteiger partial charge in [-0.1, -0.05) is 54.8 Å². The lowest BCUT2D eigenvalue weighted by molar-refractivity contribution is -0.139. The molecule has 0 aromatic heterocycles. The Morgan fingerprint density at radius 2 is 1.80 bits per heavy atom. The summed E-state index contributed by atoms with van der Waals surface area (Å²) in [5.41, 5.74) is 1.05. The first kappa shape index (κ1) is 26.9. The summed E-state index contributed by atoms with van der Waals surface area (Å²) in [6.45, 7) is 1.33. The molecule has 0 unspecified atom stereocenters. The van der Waals surface area contributed by atoms with E-state index in [4.69, 9.17) is 11.6 Å². The molecular formula is C25H31ClFN3O4S. The third-order valence-corrected chi connectivity index (χ3v) is 7.65. The summed E-state index contributed by atoms with van der Waals surface area (Å²) in [5, 5.41) is 2.76. The number of nitrogens with zero attached hydrogens (tertiary/aromatic N) is 2. The Hall–Kier alpha value is -2.65. The van der Waals surface area contributed by atoms with Crippen LogP contribution in [0.1, 0.15) is 38.2 Å². The van der Waals surface area contributed by atoms with Crippen LogP contribution in [-0.4, -0.2) is 56.6 Å². The number of sulfonamides is 1. The molecule has 1 saturated carbocycles. The second-order valence-corrected chi connectivity index (χ2v) is 11.2. The first-order chi connectivity index (χ1) is 16.6. The van der Waals surface area contributed by atoms with Crippen molar-refractivity contribution in [2.75, 3.05) is 23.7 Å². The minimum absolute atomic E-state index is 0.0679. The standard InChI is InChI=1S/C25H31ClFN3O4S/c1-18(25(32)28-20-10-6-7-11-20)29(15-14-19-8-4-3-5-9-19)24(31)17-30(35(2,33)34)21-12-13-23(27)22(26)16-21/h3-5,8-9,12-13,16,18,20H,6-7,10-11,14-15,17H2,1-2H3,(H,28,32)/t18-/m1/s1. The Kier molecular flexibility index (Phi) is 9.13. The highest BCUT2D eigenvalue weighted by Gasteiger charge is 2.31. The van der Waals surface area contributed by atoms with E-state index in [-0.39, 0.29) is 29.2 Å². The highest BCUT2D eigenvalue weighted by atomic mass is 35.5. The Morgan fingerprint density at radius 3 is 2.40 bits per heavy atom. The van der Waals surface area contributed by atoms with Gasteiger partial charge in [0, 0.05) is 12.6 Å². The van der Waals surface area contributed by atoms with Crippen molar-refractivity contribution in [1.82, 2.24) is 10.2 Å². The van der Waals surface area contributed by atoms with Crippen molar-refractivity contribution >= 4 is 39.1 Å². The van der Waals surface area contributed by atoms with E-state index < -0.39 is 34.3 Å². The van der Waals surface area contributed by atoms with E-state index in [1.165, 1.54) is 11.0 Å². The summed E-state index contributed by atoms with van der Waals surface area (Å²) in [4.78, 5) is 27.9. The van der Waals surface area contributed by atoms with Crippen LogP contribution < -0.4 is 9.62 Å². The average Bonchev–Trinajstić information content (AvgIpc) is 3.32. The Balaban J connectivity index is 1.83. The Labute approximate surface area is 211 Å². The van der Waals surface area contributed by atoms with Crippen LogP contribution in [0.2, 0.25) is 5.02 Å². The second kappa shape index (κ2) is 11.9. The largest absolute Gasteiger partial charge is 0.352 e. The average molecular weight is 524 g/mol. The molecule has 0 bridgehead atoms. The lowest BCUT2D eigenvalue weighted by Gasteiger charge is -2.32. The monoisotopic (exact) mass is 523 g/mol. The molecule has 2 aromatic rings. The first-order valence-corrected chi connectivity index (χ1v) is 13.9. The zero-order chi connectivity index (χ0) is 25.6. The van der Waals surface area contributed by atoms with Gasteiger partial charge < -0.3 is 10.2 Å². The molecule has 2 aromatic carbocycles. The Morgan fingerprint density at radius 1 is 1.14 bits per heavy atom. The number of rotatable bonds is 10. The van der Waals surface area contributed by atoms with Gasteiger partial charge in [-0.05, 0) is 49.9 Å². The molecule has 1 fully saturated rings.